The maximum atomic E-state index is 13.8. The van der Waals surface area contributed by atoms with E-state index in [9.17, 15) is 9.90 Å². The quantitative estimate of drug-likeness (QED) is 0.577. The molecule has 4 heteroatoms. The number of likely N-dealkylation sites (tertiary alicyclic amines) is 1. The number of fused-ring (bicyclic) bond motifs is 5. The Morgan fingerprint density at radius 1 is 1.03 bits per heavy atom. The van der Waals surface area contributed by atoms with Crippen LogP contribution in [0.2, 0.25) is 0 Å². The summed E-state index contributed by atoms with van der Waals surface area (Å²) in [7, 11) is 1.72. The van der Waals surface area contributed by atoms with Crippen molar-refractivity contribution in [3.8, 4) is 0 Å². The summed E-state index contributed by atoms with van der Waals surface area (Å²) in [6.07, 6.45) is 15.3. The summed E-state index contributed by atoms with van der Waals surface area (Å²) >= 11 is 0. The van der Waals surface area contributed by atoms with Gasteiger partial charge in [0, 0.05) is 25.6 Å². The normalized spacial score (nSPS) is 49.8. The first kappa shape index (κ1) is 24.1. The fourth-order valence-electron chi connectivity index (χ4n) is 10.3. The first-order chi connectivity index (χ1) is 15.8. The molecule has 0 aromatic rings. The fraction of sp³-hybridized carbons (Fsp3) is 0.966. The molecule has 1 saturated heterocycles. The van der Waals surface area contributed by atoms with Crippen molar-refractivity contribution < 1.29 is 14.6 Å². The molecule has 5 rings (SSSR count). The van der Waals surface area contributed by atoms with Gasteiger partial charge < -0.3 is 14.7 Å². The lowest BCUT2D eigenvalue weighted by Gasteiger charge is -2.63. The van der Waals surface area contributed by atoms with Crippen molar-refractivity contribution in [3.63, 3.8) is 0 Å². The summed E-state index contributed by atoms with van der Waals surface area (Å²) in [4.78, 5) is 16.1. The number of nitrogens with zero attached hydrogens (tertiary/aromatic N) is 1. The van der Waals surface area contributed by atoms with Crippen molar-refractivity contribution in [1.29, 1.82) is 0 Å². The van der Waals surface area contributed by atoms with Crippen LogP contribution in [0.1, 0.15) is 104 Å². The van der Waals surface area contributed by atoms with Crippen LogP contribution in [0.15, 0.2) is 0 Å². The highest BCUT2D eigenvalue weighted by Crippen LogP contribution is 2.69. The van der Waals surface area contributed by atoms with E-state index in [0.717, 1.165) is 50.0 Å². The number of carbonyl (C=O) groups is 1. The first-order valence-corrected chi connectivity index (χ1v) is 14.3. The van der Waals surface area contributed by atoms with E-state index in [-0.39, 0.29) is 11.3 Å². The van der Waals surface area contributed by atoms with Crippen LogP contribution in [0.4, 0.5) is 0 Å². The van der Waals surface area contributed by atoms with E-state index < -0.39 is 5.60 Å². The third-order valence-corrected chi connectivity index (χ3v) is 12.0. The lowest BCUT2D eigenvalue weighted by atomic mass is 9.42. The van der Waals surface area contributed by atoms with E-state index in [2.05, 4.69) is 25.7 Å². The van der Waals surface area contributed by atoms with E-state index in [1.165, 1.54) is 57.8 Å². The van der Waals surface area contributed by atoms with Crippen LogP contribution in [-0.2, 0) is 9.53 Å². The van der Waals surface area contributed by atoms with Crippen LogP contribution in [0.25, 0.3) is 0 Å². The van der Waals surface area contributed by atoms with Gasteiger partial charge in [0.1, 0.15) is 0 Å². The molecule has 4 aliphatic carbocycles. The van der Waals surface area contributed by atoms with Crippen molar-refractivity contribution in [1.82, 2.24) is 4.90 Å². The van der Waals surface area contributed by atoms with Gasteiger partial charge in [-0.05, 0) is 125 Å². The SMILES string of the molecule is CC[C@]12CC[C@](O)(COC)C[C@H]1CC[C@H]1[C@@H]3CC[C@H](C(=O)N4CCCC[C@@H]4C)[C@@]3(C)CC[C@@H]12. The highest BCUT2D eigenvalue weighted by molar-refractivity contribution is 5.80. The highest BCUT2D eigenvalue weighted by atomic mass is 16.5. The lowest BCUT2D eigenvalue weighted by Crippen LogP contribution is -2.58. The minimum Gasteiger partial charge on any atom is -0.387 e. The molecule has 33 heavy (non-hydrogen) atoms. The number of methoxy groups -OCH3 is 1. The molecular formula is C29H49NO3. The Kier molecular flexibility index (Phi) is 6.43. The molecule has 9 atom stereocenters. The Morgan fingerprint density at radius 2 is 1.85 bits per heavy atom. The number of carbonyl (C=O) groups excluding carboxylic acids is 1. The van der Waals surface area contributed by atoms with Crippen LogP contribution in [0, 0.1) is 40.4 Å². The van der Waals surface area contributed by atoms with Crippen molar-refractivity contribution in [2.24, 2.45) is 40.4 Å². The van der Waals surface area contributed by atoms with Gasteiger partial charge in [-0.1, -0.05) is 13.8 Å². The van der Waals surface area contributed by atoms with E-state index in [4.69, 9.17) is 4.74 Å². The maximum Gasteiger partial charge on any atom is 0.226 e. The predicted molar refractivity (Wildman–Crippen MR) is 132 cm³/mol. The molecule has 1 N–H and O–H groups in total. The number of rotatable bonds is 4. The number of piperidine rings is 1. The molecule has 0 bridgehead atoms. The summed E-state index contributed by atoms with van der Waals surface area (Å²) in [5.41, 5.74) is -0.0273. The largest absolute Gasteiger partial charge is 0.387 e. The molecule has 0 aromatic carbocycles. The molecule has 5 fully saturated rings. The average Bonchev–Trinajstić information content (AvgIpc) is 3.16. The van der Waals surface area contributed by atoms with Gasteiger partial charge in [0.25, 0.3) is 0 Å². The molecule has 1 aliphatic heterocycles. The third kappa shape index (κ3) is 3.72. The van der Waals surface area contributed by atoms with Gasteiger partial charge in [0.05, 0.1) is 12.2 Å². The van der Waals surface area contributed by atoms with E-state index in [0.29, 0.717) is 29.9 Å². The molecule has 1 amide bonds. The van der Waals surface area contributed by atoms with Crippen molar-refractivity contribution in [3.05, 3.63) is 0 Å². The Labute approximate surface area is 202 Å². The number of aliphatic hydroxyl groups is 1. The zero-order valence-corrected chi connectivity index (χ0v) is 21.8. The molecule has 0 unspecified atom stereocenters. The van der Waals surface area contributed by atoms with E-state index in [1.807, 2.05) is 0 Å². The summed E-state index contributed by atoms with van der Waals surface area (Å²) in [5.74, 6) is 3.66. The molecule has 5 aliphatic rings. The Bertz CT molecular complexity index is 740. The molecule has 188 valence electrons. The van der Waals surface area contributed by atoms with Gasteiger partial charge >= 0.3 is 0 Å². The predicted octanol–water partition coefficient (Wildman–Crippen LogP) is 5.81. The van der Waals surface area contributed by atoms with Crippen LogP contribution in [0.5, 0.6) is 0 Å². The summed E-state index contributed by atoms with van der Waals surface area (Å²) in [6, 6.07) is 0.428. The van der Waals surface area contributed by atoms with Crippen molar-refractivity contribution >= 4 is 5.91 Å². The summed E-state index contributed by atoms with van der Waals surface area (Å²) < 4.78 is 5.41. The van der Waals surface area contributed by atoms with Gasteiger partial charge in [-0.15, -0.1) is 0 Å². The van der Waals surface area contributed by atoms with Crippen LogP contribution in [0.3, 0.4) is 0 Å². The summed E-state index contributed by atoms with van der Waals surface area (Å²) in [5, 5.41) is 11.2. The van der Waals surface area contributed by atoms with E-state index >= 15 is 0 Å². The molecule has 0 spiro atoms. The standard InChI is InChI=1S/C29H49NO3/c1-5-29-16-15-28(32,19-33-4)18-21(29)9-10-22-23-11-12-25(27(23,3)14-13-24(22)29)26(31)30-17-7-6-8-20(30)2/h20-25,32H,5-19H2,1-4H3/t20-,21+,22-,23-,24-,25+,27-,28+,29-/m0/s1. The summed E-state index contributed by atoms with van der Waals surface area (Å²) in [6.45, 7) is 8.65. The number of hydrogen-bond acceptors (Lipinski definition) is 3. The molecule has 4 saturated carbocycles. The fourth-order valence-corrected chi connectivity index (χ4v) is 10.3. The monoisotopic (exact) mass is 459 g/mol. The second-order valence-corrected chi connectivity index (χ2v) is 13.2. The van der Waals surface area contributed by atoms with Gasteiger partial charge in [-0.3, -0.25) is 4.79 Å². The Morgan fingerprint density at radius 3 is 2.58 bits per heavy atom. The van der Waals surface area contributed by atoms with Crippen LogP contribution >= 0.6 is 0 Å². The maximum absolute atomic E-state index is 13.8. The van der Waals surface area contributed by atoms with Crippen LogP contribution < -0.4 is 0 Å². The number of hydrogen-bond donors (Lipinski definition) is 1. The first-order valence-electron chi connectivity index (χ1n) is 14.3. The zero-order chi connectivity index (χ0) is 23.4. The van der Waals surface area contributed by atoms with Gasteiger partial charge in [0.15, 0.2) is 0 Å². The zero-order valence-electron chi connectivity index (χ0n) is 21.8. The lowest BCUT2D eigenvalue weighted by molar-refractivity contribution is -0.173. The van der Waals surface area contributed by atoms with Crippen molar-refractivity contribution in [2.75, 3.05) is 20.3 Å². The minimum atomic E-state index is -0.621. The number of ether oxygens (including phenoxy) is 1. The van der Waals surface area contributed by atoms with Gasteiger partial charge in [0.2, 0.25) is 5.91 Å². The molecular weight excluding hydrogens is 410 g/mol. The Balaban J connectivity index is 1.36. The smallest absolute Gasteiger partial charge is 0.226 e. The van der Waals surface area contributed by atoms with Crippen LogP contribution in [-0.4, -0.2) is 47.8 Å². The van der Waals surface area contributed by atoms with Crippen molar-refractivity contribution in [2.45, 2.75) is 116 Å². The topological polar surface area (TPSA) is 49.8 Å². The Hall–Kier alpha value is -0.610. The number of amides is 1. The minimum absolute atomic E-state index is 0.197. The highest BCUT2D eigenvalue weighted by Gasteiger charge is 2.63. The second kappa shape index (κ2) is 8.80. The molecule has 4 nitrogen and oxygen atoms in total. The third-order valence-electron chi connectivity index (χ3n) is 12.0. The van der Waals surface area contributed by atoms with Gasteiger partial charge in [-0.25, -0.2) is 0 Å². The average molecular weight is 460 g/mol. The molecule has 0 aromatic heterocycles. The van der Waals surface area contributed by atoms with E-state index in [1.54, 1.807) is 7.11 Å². The van der Waals surface area contributed by atoms with Gasteiger partial charge in [-0.2, -0.15) is 0 Å². The molecule has 1 heterocycles. The second-order valence-electron chi connectivity index (χ2n) is 13.2. The molecule has 0 radical (unpaired) electrons.